The molecule has 0 spiro atoms. The molecule has 0 saturated heterocycles. The van der Waals surface area contributed by atoms with Gasteiger partial charge in [0.25, 0.3) is 5.13 Å². The van der Waals surface area contributed by atoms with Gasteiger partial charge < -0.3 is 10.5 Å². The number of benzene rings is 1. The molecule has 1 heterocycles. The lowest BCUT2D eigenvalue weighted by Crippen LogP contribution is -2.31. The van der Waals surface area contributed by atoms with E-state index in [9.17, 15) is 13.2 Å². The highest BCUT2D eigenvalue weighted by molar-refractivity contribution is 6.34. The van der Waals surface area contributed by atoms with Crippen molar-refractivity contribution in [2.24, 2.45) is 0 Å². The number of ether oxygens (including phenoxy) is 1. The molecule has 2 aromatic rings. The minimum absolute atomic E-state index is 0.170. The van der Waals surface area contributed by atoms with Gasteiger partial charge in [-0.15, -0.1) is 0 Å². The number of alkyl halides is 5. The third-order valence-corrected chi connectivity index (χ3v) is 4.07. The number of nitrogens with zero attached hydrogens (tertiary/aromatic N) is 1. The van der Waals surface area contributed by atoms with Crippen LogP contribution in [0.25, 0.3) is 0 Å². The van der Waals surface area contributed by atoms with E-state index in [4.69, 9.17) is 45.3 Å². The van der Waals surface area contributed by atoms with Gasteiger partial charge in [-0.25, -0.2) is 9.37 Å². The standard InChI is InChI=1S/C13H7Cl4F3N2O/c14-8-4-7(21)1-2-10(8)23-11-9(15)3-6(5-22-11)12(16,18)13(17,19)20/h1-5H,21H2. The molecule has 0 bridgehead atoms. The second-order valence-corrected chi connectivity index (χ2v) is 6.18. The molecule has 0 aliphatic rings. The van der Waals surface area contributed by atoms with Crippen molar-refractivity contribution in [2.45, 2.75) is 10.5 Å². The molecule has 0 saturated carbocycles. The predicted molar refractivity (Wildman–Crippen MR) is 84.6 cm³/mol. The van der Waals surface area contributed by atoms with E-state index in [1.165, 1.54) is 18.2 Å². The van der Waals surface area contributed by atoms with Crippen LogP contribution in [0.1, 0.15) is 5.56 Å². The maximum absolute atomic E-state index is 13.9. The van der Waals surface area contributed by atoms with Crippen molar-refractivity contribution < 1.29 is 17.9 Å². The van der Waals surface area contributed by atoms with Crippen LogP contribution in [0.4, 0.5) is 18.9 Å². The Morgan fingerprint density at radius 1 is 1.04 bits per heavy atom. The quantitative estimate of drug-likeness (QED) is 0.504. The fraction of sp³-hybridized carbons (Fsp3) is 0.154. The number of hydrogen-bond acceptors (Lipinski definition) is 3. The van der Waals surface area contributed by atoms with Crippen LogP contribution < -0.4 is 10.5 Å². The van der Waals surface area contributed by atoms with E-state index in [0.717, 1.165) is 12.3 Å². The molecule has 2 rings (SSSR count). The molecule has 2 N–H and O–H groups in total. The van der Waals surface area contributed by atoms with Gasteiger partial charge in [0.2, 0.25) is 5.88 Å². The fourth-order valence-electron chi connectivity index (χ4n) is 1.54. The first kappa shape index (κ1) is 18.3. The van der Waals surface area contributed by atoms with E-state index in [0.29, 0.717) is 5.69 Å². The Morgan fingerprint density at radius 2 is 1.70 bits per heavy atom. The minimum atomic E-state index is -4.36. The number of rotatable bonds is 4. The maximum atomic E-state index is 13.9. The van der Waals surface area contributed by atoms with Crippen molar-refractivity contribution in [1.82, 2.24) is 4.98 Å². The largest absolute Gasteiger partial charge is 0.436 e. The van der Waals surface area contributed by atoms with Gasteiger partial charge in [0.15, 0.2) is 0 Å². The van der Waals surface area contributed by atoms with Gasteiger partial charge in [-0.1, -0.05) is 34.8 Å². The van der Waals surface area contributed by atoms with Gasteiger partial charge in [0.05, 0.1) is 5.02 Å². The predicted octanol–water partition coefficient (Wildman–Crippen LogP) is 5.96. The molecule has 10 heteroatoms. The van der Waals surface area contributed by atoms with Crippen LogP contribution >= 0.6 is 46.4 Å². The lowest BCUT2D eigenvalue weighted by Gasteiger charge is -2.23. The molecule has 3 nitrogen and oxygen atoms in total. The summed E-state index contributed by atoms with van der Waals surface area (Å²) in [6.45, 7) is 0. The Labute approximate surface area is 149 Å². The molecule has 1 unspecified atom stereocenters. The number of nitrogen functional groups attached to an aromatic ring is 1. The van der Waals surface area contributed by atoms with Gasteiger partial charge in [-0.05, 0) is 35.9 Å². The van der Waals surface area contributed by atoms with Crippen molar-refractivity contribution in [3.8, 4) is 11.6 Å². The highest BCUT2D eigenvalue weighted by atomic mass is 35.5. The Bertz CT molecular complexity index is 738. The number of aromatic nitrogens is 1. The lowest BCUT2D eigenvalue weighted by molar-refractivity contribution is -0.0227. The summed E-state index contributed by atoms with van der Waals surface area (Å²) in [7, 11) is 0. The van der Waals surface area contributed by atoms with E-state index in [1.807, 2.05) is 0 Å². The molecule has 124 valence electrons. The molecular formula is C13H7Cl4F3N2O. The van der Waals surface area contributed by atoms with Gasteiger partial charge in [0, 0.05) is 17.4 Å². The van der Waals surface area contributed by atoms with Gasteiger partial charge in [-0.2, -0.15) is 8.78 Å². The van der Waals surface area contributed by atoms with Crippen LogP contribution in [0.3, 0.4) is 0 Å². The Balaban J connectivity index is 2.33. The van der Waals surface area contributed by atoms with Gasteiger partial charge in [0.1, 0.15) is 10.8 Å². The summed E-state index contributed by atoms with van der Waals surface area (Å²) in [4.78, 5) is 3.66. The molecule has 1 aromatic heterocycles. The van der Waals surface area contributed by atoms with E-state index in [1.54, 1.807) is 0 Å². The van der Waals surface area contributed by atoms with Crippen molar-refractivity contribution in [3.63, 3.8) is 0 Å². The first-order valence-corrected chi connectivity index (χ1v) is 7.37. The Morgan fingerprint density at radius 3 is 2.22 bits per heavy atom. The number of pyridine rings is 1. The zero-order chi connectivity index (χ0) is 17.4. The van der Waals surface area contributed by atoms with Crippen LogP contribution in [-0.4, -0.2) is 10.4 Å². The normalized spacial score (nSPS) is 14.4. The topological polar surface area (TPSA) is 48.1 Å². The lowest BCUT2D eigenvalue weighted by atomic mass is 10.2. The van der Waals surface area contributed by atoms with Crippen molar-refractivity contribution >= 4 is 52.1 Å². The van der Waals surface area contributed by atoms with Gasteiger partial charge in [-0.3, -0.25) is 0 Å². The minimum Gasteiger partial charge on any atom is -0.436 e. The first-order valence-electron chi connectivity index (χ1n) is 5.86. The number of hydrogen-bond donors (Lipinski definition) is 1. The van der Waals surface area contributed by atoms with Crippen LogP contribution in [0, 0.1) is 0 Å². The molecule has 0 aliphatic carbocycles. The summed E-state index contributed by atoms with van der Waals surface area (Å²) in [5.74, 6) is -0.0180. The van der Waals surface area contributed by atoms with E-state index in [2.05, 4.69) is 16.6 Å². The second-order valence-electron chi connectivity index (χ2n) is 4.38. The SMILES string of the molecule is Nc1ccc(Oc2ncc(C(F)(Cl)C(F)(F)Cl)cc2Cl)c(Cl)c1. The Kier molecular flexibility index (Phi) is 5.11. The first-order chi connectivity index (χ1) is 10.5. The third kappa shape index (κ3) is 3.88. The van der Waals surface area contributed by atoms with Crippen molar-refractivity contribution in [3.05, 3.63) is 46.1 Å². The average Bonchev–Trinajstić information content (AvgIpc) is 2.42. The van der Waals surface area contributed by atoms with E-state index >= 15 is 0 Å². The number of anilines is 1. The Hall–Kier alpha value is -1.08. The zero-order valence-corrected chi connectivity index (χ0v) is 14.0. The highest BCUT2D eigenvalue weighted by Crippen LogP contribution is 2.48. The van der Waals surface area contributed by atoms with E-state index in [-0.39, 0.29) is 21.7 Å². The van der Waals surface area contributed by atoms with Crippen molar-refractivity contribution in [2.75, 3.05) is 5.73 Å². The smallest absolute Gasteiger partial charge is 0.373 e. The summed E-state index contributed by atoms with van der Waals surface area (Å²) in [6.07, 6.45) is 0.732. The number of nitrogens with two attached hydrogens (primary N) is 1. The summed E-state index contributed by atoms with van der Waals surface area (Å²) in [5, 5.41) is -8.12. The van der Waals surface area contributed by atoms with Crippen molar-refractivity contribution in [1.29, 1.82) is 0 Å². The van der Waals surface area contributed by atoms with Crippen LogP contribution in [-0.2, 0) is 5.13 Å². The van der Waals surface area contributed by atoms with E-state index < -0.39 is 16.1 Å². The zero-order valence-electron chi connectivity index (χ0n) is 11.0. The van der Waals surface area contributed by atoms with Crippen LogP contribution in [0.15, 0.2) is 30.5 Å². The fourth-order valence-corrected chi connectivity index (χ4v) is 2.18. The average molecular weight is 406 g/mol. The van der Waals surface area contributed by atoms with Crippen LogP contribution in [0.2, 0.25) is 10.0 Å². The number of halogens is 7. The summed E-state index contributed by atoms with van der Waals surface area (Å²) in [6, 6.07) is 5.23. The molecule has 0 amide bonds. The van der Waals surface area contributed by atoms with Crippen LogP contribution in [0.5, 0.6) is 11.6 Å². The molecule has 0 aliphatic heterocycles. The molecule has 0 radical (unpaired) electrons. The highest BCUT2D eigenvalue weighted by Gasteiger charge is 2.54. The molecular weight excluding hydrogens is 399 g/mol. The molecule has 0 fully saturated rings. The summed E-state index contributed by atoms with van der Waals surface area (Å²) < 4.78 is 45.2. The summed E-state index contributed by atoms with van der Waals surface area (Å²) >= 11 is 21.6. The monoisotopic (exact) mass is 404 g/mol. The second kappa shape index (κ2) is 6.43. The molecule has 1 atom stereocenters. The van der Waals surface area contributed by atoms with Gasteiger partial charge >= 0.3 is 5.38 Å². The maximum Gasteiger partial charge on any atom is 0.373 e. The molecule has 1 aromatic carbocycles. The molecule has 23 heavy (non-hydrogen) atoms. The third-order valence-electron chi connectivity index (χ3n) is 2.69. The summed E-state index contributed by atoms with van der Waals surface area (Å²) in [5.41, 5.74) is 5.22.